The number of halogens is 1. The zero-order chi connectivity index (χ0) is 16.7. The van der Waals surface area contributed by atoms with Crippen LogP contribution in [-0.2, 0) is 4.79 Å². The van der Waals surface area contributed by atoms with E-state index in [9.17, 15) is 4.79 Å². The van der Waals surface area contributed by atoms with E-state index in [1.54, 1.807) is 25.3 Å². The van der Waals surface area contributed by atoms with Crippen LogP contribution in [0.25, 0.3) is 0 Å². The summed E-state index contributed by atoms with van der Waals surface area (Å²) in [6.07, 6.45) is 0. The average Bonchev–Trinajstić information content (AvgIpc) is 2.48. The highest BCUT2D eigenvalue weighted by atomic mass is 35.5. The fourth-order valence-corrected chi connectivity index (χ4v) is 3.51. The molecule has 1 aromatic rings. The molecule has 1 amide bonds. The van der Waals surface area contributed by atoms with Gasteiger partial charge in [-0.3, -0.25) is 4.79 Å². The van der Waals surface area contributed by atoms with Gasteiger partial charge in [0, 0.05) is 18.1 Å². The van der Waals surface area contributed by atoms with Crippen molar-refractivity contribution in [1.82, 2.24) is 4.90 Å². The van der Waals surface area contributed by atoms with E-state index in [4.69, 9.17) is 28.6 Å². The summed E-state index contributed by atoms with van der Waals surface area (Å²) in [5.41, 5.74) is 0.557. The average molecular weight is 361 g/mol. The maximum Gasteiger partial charge on any atom is 0.237 e. The van der Waals surface area contributed by atoms with E-state index < -0.39 is 0 Å². The van der Waals surface area contributed by atoms with E-state index in [2.05, 4.69) is 5.32 Å². The molecule has 1 rings (SSSR count). The van der Waals surface area contributed by atoms with E-state index in [1.165, 1.54) is 11.8 Å². The van der Waals surface area contributed by atoms with Crippen LogP contribution < -0.4 is 10.1 Å². The second-order valence-electron chi connectivity index (χ2n) is 4.53. The molecule has 0 aliphatic carbocycles. The van der Waals surface area contributed by atoms with Crippen molar-refractivity contribution in [2.75, 3.05) is 25.5 Å². The van der Waals surface area contributed by atoms with Gasteiger partial charge in [-0.05, 0) is 39.0 Å². The second-order valence-corrected chi connectivity index (χ2v) is 6.94. The Hall–Kier alpha value is -0.980. The SMILES string of the molecule is CCN(CC)C(=S)S[C@@H](C)C(=O)Nc1cc(Cl)ccc1OC. The molecule has 1 atom stereocenters. The molecule has 7 heteroatoms. The van der Waals surface area contributed by atoms with Crippen molar-refractivity contribution in [3.05, 3.63) is 23.2 Å². The van der Waals surface area contributed by atoms with Crippen molar-refractivity contribution in [3.63, 3.8) is 0 Å². The van der Waals surface area contributed by atoms with Crippen LogP contribution in [-0.4, -0.2) is 40.6 Å². The topological polar surface area (TPSA) is 41.6 Å². The van der Waals surface area contributed by atoms with Gasteiger partial charge in [0.05, 0.1) is 18.0 Å². The number of nitrogens with zero attached hydrogens (tertiary/aromatic N) is 1. The zero-order valence-electron chi connectivity index (χ0n) is 13.2. The summed E-state index contributed by atoms with van der Waals surface area (Å²) < 4.78 is 5.95. The van der Waals surface area contributed by atoms with Gasteiger partial charge in [-0.2, -0.15) is 0 Å². The van der Waals surface area contributed by atoms with E-state index in [0.717, 1.165) is 17.4 Å². The number of thioether (sulfide) groups is 1. The zero-order valence-corrected chi connectivity index (χ0v) is 15.6. The quantitative estimate of drug-likeness (QED) is 0.775. The van der Waals surface area contributed by atoms with Gasteiger partial charge in [-0.25, -0.2) is 0 Å². The molecular formula is C15H21ClN2O2S2. The normalized spacial score (nSPS) is 11.7. The van der Waals surface area contributed by atoms with Crippen LogP contribution >= 0.6 is 35.6 Å². The van der Waals surface area contributed by atoms with Crippen LogP contribution in [0.4, 0.5) is 5.69 Å². The first-order valence-corrected chi connectivity index (χ1v) is 8.69. The highest BCUT2D eigenvalue weighted by molar-refractivity contribution is 8.23. The third-order valence-corrected chi connectivity index (χ3v) is 4.90. The maximum atomic E-state index is 12.3. The van der Waals surface area contributed by atoms with Crippen molar-refractivity contribution < 1.29 is 9.53 Å². The van der Waals surface area contributed by atoms with Gasteiger partial charge in [-0.15, -0.1) is 0 Å². The Labute approximate surface area is 146 Å². The van der Waals surface area contributed by atoms with Gasteiger partial charge in [0.25, 0.3) is 0 Å². The molecule has 0 aromatic heterocycles. The molecule has 122 valence electrons. The molecule has 22 heavy (non-hydrogen) atoms. The summed E-state index contributed by atoms with van der Waals surface area (Å²) in [7, 11) is 1.55. The molecule has 0 saturated heterocycles. The van der Waals surface area contributed by atoms with Crippen LogP contribution in [0, 0.1) is 0 Å². The first-order chi connectivity index (χ1) is 10.4. The molecule has 0 bridgehead atoms. The molecule has 0 radical (unpaired) electrons. The number of hydrogen-bond donors (Lipinski definition) is 1. The Bertz CT molecular complexity index is 536. The van der Waals surface area contributed by atoms with Gasteiger partial charge in [0.1, 0.15) is 10.1 Å². The highest BCUT2D eigenvalue weighted by Crippen LogP contribution is 2.28. The summed E-state index contributed by atoms with van der Waals surface area (Å²) in [4.78, 5) is 14.4. The minimum Gasteiger partial charge on any atom is -0.495 e. The monoisotopic (exact) mass is 360 g/mol. The molecule has 1 aromatic carbocycles. The second kappa shape index (κ2) is 9.22. The summed E-state index contributed by atoms with van der Waals surface area (Å²) in [5, 5.41) is 3.06. The summed E-state index contributed by atoms with van der Waals surface area (Å²) in [6, 6.07) is 5.10. The molecule has 1 N–H and O–H groups in total. The molecule has 0 spiro atoms. The molecule has 0 fully saturated rings. The number of rotatable bonds is 6. The molecule has 0 saturated carbocycles. The number of carbonyl (C=O) groups excluding carboxylic acids is 1. The van der Waals surface area contributed by atoms with Crippen LogP contribution in [0.3, 0.4) is 0 Å². The fraction of sp³-hybridized carbons (Fsp3) is 0.467. The fourth-order valence-electron chi connectivity index (χ4n) is 1.77. The molecule has 4 nitrogen and oxygen atoms in total. The number of amides is 1. The van der Waals surface area contributed by atoms with Crippen molar-refractivity contribution in [3.8, 4) is 5.75 Å². The maximum absolute atomic E-state index is 12.3. The van der Waals surface area contributed by atoms with Crippen molar-refractivity contribution in [2.24, 2.45) is 0 Å². The first-order valence-electron chi connectivity index (χ1n) is 7.02. The molecule has 0 unspecified atom stereocenters. The summed E-state index contributed by atoms with van der Waals surface area (Å²) in [5.74, 6) is 0.432. The third kappa shape index (κ3) is 5.34. The predicted molar refractivity (Wildman–Crippen MR) is 99.2 cm³/mol. The van der Waals surface area contributed by atoms with Crippen molar-refractivity contribution in [1.29, 1.82) is 0 Å². The highest BCUT2D eigenvalue weighted by Gasteiger charge is 2.19. The van der Waals surface area contributed by atoms with Gasteiger partial charge in [-0.1, -0.05) is 35.6 Å². The lowest BCUT2D eigenvalue weighted by Gasteiger charge is -2.23. The third-order valence-electron chi connectivity index (χ3n) is 3.09. The van der Waals surface area contributed by atoms with Gasteiger partial charge >= 0.3 is 0 Å². The van der Waals surface area contributed by atoms with Gasteiger partial charge in [0.2, 0.25) is 5.91 Å². The van der Waals surface area contributed by atoms with Crippen molar-refractivity contribution >= 4 is 51.5 Å². The molecular weight excluding hydrogens is 340 g/mol. The first kappa shape index (κ1) is 19.1. The standard InChI is InChI=1S/C15H21ClN2O2S2/c1-5-18(6-2)15(21)22-10(3)14(19)17-12-9-11(16)7-8-13(12)20-4/h7-10H,5-6H2,1-4H3,(H,17,19)/t10-/m0/s1. The van der Waals surface area contributed by atoms with Crippen LogP contribution in [0.2, 0.25) is 5.02 Å². The van der Waals surface area contributed by atoms with E-state index >= 15 is 0 Å². The number of nitrogens with one attached hydrogen (secondary N) is 1. The van der Waals surface area contributed by atoms with Gasteiger partial charge < -0.3 is 15.0 Å². The smallest absolute Gasteiger partial charge is 0.237 e. The Balaban J connectivity index is 2.72. The number of carbonyl (C=O) groups is 1. The Morgan fingerprint density at radius 2 is 2.09 bits per heavy atom. The van der Waals surface area contributed by atoms with E-state index in [1.807, 2.05) is 25.7 Å². The van der Waals surface area contributed by atoms with E-state index in [0.29, 0.717) is 16.5 Å². The Morgan fingerprint density at radius 1 is 1.45 bits per heavy atom. The number of benzene rings is 1. The predicted octanol–water partition coefficient (Wildman–Crippen LogP) is 4.04. The van der Waals surface area contributed by atoms with E-state index in [-0.39, 0.29) is 11.2 Å². The lowest BCUT2D eigenvalue weighted by Crippen LogP contribution is -2.31. The lowest BCUT2D eigenvalue weighted by molar-refractivity contribution is -0.115. The minimum atomic E-state index is -0.309. The van der Waals surface area contributed by atoms with Crippen molar-refractivity contribution in [2.45, 2.75) is 26.0 Å². The number of ether oxygens (including phenoxy) is 1. The van der Waals surface area contributed by atoms with Crippen LogP contribution in [0.5, 0.6) is 5.75 Å². The number of thiocarbonyl (C=S) groups is 1. The lowest BCUT2D eigenvalue weighted by atomic mass is 10.3. The number of hydrogen-bond acceptors (Lipinski definition) is 4. The molecule has 0 aliphatic rings. The number of anilines is 1. The Kier molecular flexibility index (Phi) is 8.00. The number of methoxy groups -OCH3 is 1. The molecule has 0 heterocycles. The summed E-state index contributed by atoms with van der Waals surface area (Å²) >= 11 is 12.7. The Morgan fingerprint density at radius 3 is 2.64 bits per heavy atom. The largest absolute Gasteiger partial charge is 0.495 e. The molecule has 0 aliphatic heterocycles. The van der Waals surface area contributed by atoms with Gasteiger partial charge in [0.15, 0.2) is 0 Å². The minimum absolute atomic E-state index is 0.139. The van der Waals surface area contributed by atoms with Crippen LogP contribution in [0.15, 0.2) is 18.2 Å². The van der Waals surface area contributed by atoms with Crippen LogP contribution in [0.1, 0.15) is 20.8 Å². The summed E-state index contributed by atoms with van der Waals surface area (Å²) in [6.45, 7) is 7.57.